The van der Waals surface area contributed by atoms with E-state index in [1.54, 1.807) is 25.1 Å². The van der Waals surface area contributed by atoms with Crippen LogP contribution in [0.25, 0.3) is 0 Å². The lowest BCUT2D eigenvalue weighted by molar-refractivity contribution is 0.459. The van der Waals surface area contributed by atoms with Crippen LogP contribution in [-0.4, -0.2) is 19.4 Å². The highest BCUT2D eigenvalue weighted by atomic mass is 32.2. The minimum Gasteiger partial charge on any atom is -0.468 e. The summed E-state index contributed by atoms with van der Waals surface area (Å²) in [6.07, 6.45) is 3.01. The van der Waals surface area contributed by atoms with E-state index in [1.165, 1.54) is 12.5 Å². The maximum atomic E-state index is 12.3. The third-order valence-corrected chi connectivity index (χ3v) is 4.55. The molecule has 21 heavy (non-hydrogen) atoms. The summed E-state index contributed by atoms with van der Waals surface area (Å²) in [7, 11) is -3.57. The lowest BCUT2D eigenvalue weighted by Gasteiger charge is -2.10. The quantitative estimate of drug-likeness (QED) is 0.731. The summed E-state index contributed by atoms with van der Waals surface area (Å²) < 4.78 is 32.4. The Labute approximate surface area is 125 Å². The van der Waals surface area contributed by atoms with Crippen LogP contribution >= 0.6 is 0 Å². The van der Waals surface area contributed by atoms with Gasteiger partial charge in [-0.1, -0.05) is 13.8 Å². The summed E-state index contributed by atoms with van der Waals surface area (Å²) in [5.41, 5.74) is 0.828. The van der Waals surface area contributed by atoms with Gasteiger partial charge in [0, 0.05) is 24.5 Å². The smallest absolute Gasteiger partial charge is 0.242 e. The zero-order valence-electron chi connectivity index (χ0n) is 12.4. The SMILES string of the molecule is CC(C)NCc1cc(S(=O)(=O)NC(C)c2ccco2)c[nH]1. The summed E-state index contributed by atoms with van der Waals surface area (Å²) in [5.74, 6) is 0.579. The number of aromatic nitrogens is 1. The Morgan fingerprint density at radius 3 is 2.71 bits per heavy atom. The highest BCUT2D eigenvalue weighted by Crippen LogP contribution is 2.17. The van der Waals surface area contributed by atoms with Crippen molar-refractivity contribution in [1.82, 2.24) is 15.0 Å². The average molecular weight is 311 g/mol. The van der Waals surface area contributed by atoms with Gasteiger partial charge in [-0.15, -0.1) is 0 Å². The molecule has 0 aliphatic heterocycles. The molecule has 2 aromatic rings. The molecule has 0 saturated heterocycles. The molecule has 1 unspecified atom stereocenters. The molecule has 0 spiro atoms. The summed E-state index contributed by atoms with van der Waals surface area (Å²) in [6.45, 7) is 6.41. The van der Waals surface area contributed by atoms with Crippen molar-refractivity contribution in [2.45, 2.75) is 44.3 Å². The van der Waals surface area contributed by atoms with E-state index in [4.69, 9.17) is 4.42 Å². The largest absolute Gasteiger partial charge is 0.468 e. The summed E-state index contributed by atoms with van der Waals surface area (Å²) >= 11 is 0. The van der Waals surface area contributed by atoms with Crippen LogP contribution in [0.15, 0.2) is 40.0 Å². The van der Waals surface area contributed by atoms with Crippen molar-refractivity contribution in [2.24, 2.45) is 0 Å². The molecule has 6 nitrogen and oxygen atoms in total. The standard InChI is InChI=1S/C14H21N3O3S/c1-10(2)15-8-12-7-13(9-16-12)21(18,19)17-11(3)14-5-4-6-20-14/h4-7,9-11,15-17H,8H2,1-3H3. The molecule has 2 heterocycles. The van der Waals surface area contributed by atoms with E-state index in [0.717, 1.165) is 5.69 Å². The number of hydrogen-bond acceptors (Lipinski definition) is 4. The van der Waals surface area contributed by atoms with Crippen molar-refractivity contribution in [3.63, 3.8) is 0 Å². The number of rotatable bonds is 7. The van der Waals surface area contributed by atoms with E-state index in [-0.39, 0.29) is 4.90 Å². The Kier molecular flexibility index (Phi) is 4.87. The van der Waals surface area contributed by atoms with E-state index < -0.39 is 16.1 Å². The number of furan rings is 1. The van der Waals surface area contributed by atoms with Crippen molar-refractivity contribution < 1.29 is 12.8 Å². The summed E-state index contributed by atoms with van der Waals surface area (Å²) in [4.78, 5) is 3.19. The first-order valence-corrected chi connectivity index (χ1v) is 8.33. The molecule has 1 atom stereocenters. The van der Waals surface area contributed by atoms with Crippen molar-refractivity contribution in [3.05, 3.63) is 42.1 Å². The Hall–Kier alpha value is -1.57. The van der Waals surface area contributed by atoms with Crippen LogP contribution in [-0.2, 0) is 16.6 Å². The van der Waals surface area contributed by atoms with E-state index in [2.05, 4.69) is 15.0 Å². The molecule has 0 fully saturated rings. The van der Waals surface area contributed by atoms with Crippen LogP contribution in [0.4, 0.5) is 0 Å². The molecular weight excluding hydrogens is 290 g/mol. The second-order valence-electron chi connectivity index (χ2n) is 5.25. The Balaban J connectivity index is 2.05. The average Bonchev–Trinajstić information content (AvgIpc) is 3.07. The maximum absolute atomic E-state index is 12.3. The van der Waals surface area contributed by atoms with E-state index in [1.807, 2.05) is 13.8 Å². The van der Waals surface area contributed by atoms with Gasteiger partial charge in [0.2, 0.25) is 10.0 Å². The monoisotopic (exact) mass is 311 g/mol. The molecule has 0 radical (unpaired) electrons. The van der Waals surface area contributed by atoms with Gasteiger partial charge in [0.1, 0.15) is 5.76 Å². The minimum atomic E-state index is -3.57. The molecule has 7 heteroatoms. The molecule has 0 bridgehead atoms. The molecule has 0 saturated carbocycles. The summed E-state index contributed by atoms with van der Waals surface area (Å²) in [6, 6.07) is 5.02. The molecule has 0 aromatic carbocycles. The Bertz CT molecular complexity index is 659. The van der Waals surface area contributed by atoms with Crippen molar-refractivity contribution >= 4 is 10.0 Å². The van der Waals surface area contributed by atoms with Crippen LogP contribution in [0.1, 0.15) is 38.3 Å². The van der Waals surface area contributed by atoms with Crippen LogP contribution < -0.4 is 10.0 Å². The molecule has 116 valence electrons. The topological polar surface area (TPSA) is 87.1 Å². The normalized spacial score (nSPS) is 13.7. The number of nitrogens with one attached hydrogen (secondary N) is 3. The number of sulfonamides is 1. The van der Waals surface area contributed by atoms with Crippen molar-refractivity contribution in [2.75, 3.05) is 0 Å². The second kappa shape index (κ2) is 6.46. The van der Waals surface area contributed by atoms with Gasteiger partial charge in [-0.2, -0.15) is 0 Å². The predicted molar refractivity (Wildman–Crippen MR) is 80.2 cm³/mol. The van der Waals surface area contributed by atoms with Gasteiger partial charge in [-0.25, -0.2) is 13.1 Å². The first kappa shape index (κ1) is 15.8. The fourth-order valence-electron chi connectivity index (χ4n) is 1.89. The molecule has 2 aromatic heterocycles. The number of aromatic amines is 1. The van der Waals surface area contributed by atoms with Gasteiger partial charge in [0.15, 0.2) is 0 Å². The van der Waals surface area contributed by atoms with Gasteiger partial charge >= 0.3 is 0 Å². The minimum absolute atomic E-state index is 0.224. The number of hydrogen-bond donors (Lipinski definition) is 3. The zero-order valence-corrected chi connectivity index (χ0v) is 13.2. The van der Waals surface area contributed by atoms with Crippen LogP contribution in [0.2, 0.25) is 0 Å². The second-order valence-corrected chi connectivity index (χ2v) is 6.97. The van der Waals surface area contributed by atoms with Crippen molar-refractivity contribution in [3.8, 4) is 0 Å². The zero-order chi connectivity index (χ0) is 15.5. The molecule has 0 aliphatic rings. The van der Waals surface area contributed by atoms with E-state index >= 15 is 0 Å². The first-order valence-electron chi connectivity index (χ1n) is 6.85. The van der Waals surface area contributed by atoms with Crippen LogP contribution in [0.3, 0.4) is 0 Å². The lowest BCUT2D eigenvalue weighted by atomic mass is 10.3. The van der Waals surface area contributed by atoms with Crippen LogP contribution in [0, 0.1) is 0 Å². The maximum Gasteiger partial charge on any atom is 0.242 e. The third-order valence-electron chi connectivity index (χ3n) is 3.03. The van der Waals surface area contributed by atoms with Gasteiger partial charge in [0.05, 0.1) is 17.2 Å². The summed E-state index contributed by atoms with van der Waals surface area (Å²) in [5, 5.41) is 3.23. The van der Waals surface area contributed by atoms with Crippen LogP contribution in [0.5, 0.6) is 0 Å². The predicted octanol–water partition coefficient (Wildman–Crippen LogP) is 2.15. The van der Waals surface area contributed by atoms with E-state index in [9.17, 15) is 8.42 Å². The molecule has 2 rings (SSSR count). The highest BCUT2D eigenvalue weighted by Gasteiger charge is 2.21. The molecule has 0 amide bonds. The number of H-pyrrole nitrogens is 1. The molecule has 3 N–H and O–H groups in total. The lowest BCUT2D eigenvalue weighted by Crippen LogP contribution is -2.26. The van der Waals surface area contributed by atoms with Gasteiger partial charge < -0.3 is 14.7 Å². The Morgan fingerprint density at radius 2 is 2.10 bits per heavy atom. The molecular formula is C14H21N3O3S. The highest BCUT2D eigenvalue weighted by molar-refractivity contribution is 7.89. The van der Waals surface area contributed by atoms with Gasteiger partial charge in [-0.3, -0.25) is 0 Å². The molecule has 0 aliphatic carbocycles. The fraction of sp³-hybridized carbons (Fsp3) is 0.429. The van der Waals surface area contributed by atoms with Gasteiger partial charge in [0.25, 0.3) is 0 Å². The Morgan fingerprint density at radius 1 is 1.33 bits per heavy atom. The van der Waals surface area contributed by atoms with E-state index in [0.29, 0.717) is 18.3 Å². The van der Waals surface area contributed by atoms with Crippen molar-refractivity contribution in [1.29, 1.82) is 0 Å². The van der Waals surface area contributed by atoms with Gasteiger partial charge in [-0.05, 0) is 25.1 Å². The first-order chi connectivity index (χ1) is 9.88. The fourth-order valence-corrected chi connectivity index (χ4v) is 3.12. The third kappa shape index (κ3) is 4.20.